The zero-order chi connectivity index (χ0) is 13.1. The molecule has 6 heteroatoms. The van der Waals surface area contributed by atoms with E-state index in [2.05, 4.69) is 4.99 Å². The van der Waals surface area contributed by atoms with E-state index < -0.39 is 5.91 Å². The second-order valence-electron chi connectivity index (χ2n) is 3.81. The van der Waals surface area contributed by atoms with Crippen molar-refractivity contribution in [1.29, 1.82) is 0 Å². The molecule has 0 unspecified atom stereocenters. The van der Waals surface area contributed by atoms with Crippen molar-refractivity contribution in [1.82, 2.24) is 0 Å². The van der Waals surface area contributed by atoms with Crippen molar-refractivity contribution in [3.8, 4) is 11.5 Å². The van der Waals surface area contributed by atoms with Gasteiger partial charge in [0.1, 0.15) is 0 Å². The third-order valence-electron chi connectivity index (χ3n) is 2.48. The van der Waals surface area contributed by atoms with Gasteiger partial charge < -0.3 is 21.3 Å². The third-order valence-corrected chi connectivity index (χ3v) is 2.48. The van der Waals surface area contributed by atoms with E-state index in [4.69, 9.17) is 16.2 Å². The number of aromatic hydroxyl groups is 1. The Morgan fingerprint density at radius 1 is 1.39 bits per heavy atom. The summed E-state index contributed by atoms with van der Waals surface area (Å²) in [5.74, 6) is -0.360. The standard InChI is InChI=1S/C12H13N3O3/c13-12(14)15-11(17)8-4-5-18-10-7(6-8)2-1-3-9(10)16/h1-3,6,16H,4-5H2,(H4,13,14,15,17). The molecule has 0 atom stereocenters. The summed E-state index contributed by atoms with van der Waals surface area (Å²) in [6.45, 7) is 0.280. The first-order valence-electron chi connectivity index (χ1n) is 5.37. The normalized spacial score (nSPS) is 13.7. The van der Waals surface area contributed by atoms with Crippen molar-refractivity contribution in [3.63, 3.8) is 0 Å². The van der Waals surface area contributed by atoms with Crippen LogP contribution >= 0.6 is 0 Å². The molecule has 1 aromatic carbocycles. The van der Waals surface area contributed by atoms with Gasteiger partial charge in [0.2, 0.25) is 0 Å². The van der Waals surface area contributed by atoms with E-state index in [1.165, 1.54) is 6.07 Å². The molecule has 0 saturated heterocycles. The summed E-state index contributed by atoms with van der Waals surface area (Å²) in [4.78, 5) is 15.2. The molecule has 1 heterocycles. The molecule has 1 aliphatic rings. The zero-order valence-electron chi connectivity index (χ0n) is 9.59. The van der Waals surface area contributed by atoms with E-state index in [9.17, 15) is 9.90 Å². The van der Waals surface area contributed by atoms with Gasteiger partial charge in [0.15, 0.2) is 17.5 Å². The summed E-state index contributed by atoms with van der Waals surface area (Å²) in [6, 6.07) is 4.93. The lowest BCUT2D eigenvalue weighted by Gasteiger charge is -2.06. The lowest BCUT2D eigenvalue weighted by atomic mass is 10.1. The summed E-state index contributed by atoms with van der Waals surface area (Å²) < 4.78 is 5.40. The quantitative estimate of drug-likeness (QED) is 0.490. The van der Waals surface area contributed by atoms with Gasteiger partial charge in [-0.15, -0.1) is 0 Å². The number of carbonyl (C=O) groups is 1. The number of amides is 1. The zero-order valence-corrected chi connectivity index (χ0v) is 9.59. The third kappa shape index (κ3) is 2.42. The van der Waals surface area contributed by atoms with Crippen molar-refractivity contribution in [2.45, 2.75) is 6.42 Å². The molecular weight excluding hydrogens is 234 g/mol. The van der Waals surface area contributed by atoms with Gasteiger partial charge >= 0.3 is 0 Å². The molecule has 18 heavy (non-hydrogen) atoms. The minimum absolute atomic E-state index is 0.0410. The number of nitrogens with two attached hydrogens (primary N) is 2. The highest BCUT2D eigenvalue weighted by Gasteiger charge is 2.17. The highest BCUT2D eigenvalue weighted by Crippen LogP contribution is 2.34. The monoisotopic (exact) mass is 247 g/mol. The van der Waals surface area contributed by atoms with E-state index in [0.717, 1.165) is 0 Å². The van der Waals surface area contributed by atoms with Gasteiger partial charge in [0.05, 0.1) is 6.61 Å². The highest BCUT2D eigenvalue weighted by atomic mass is 16.5. The number of para-hydroxylation sites is 1. The number of ether oxygens (including phenoxy) is 1. The van der Waals surface area contributed by atoms with Crippen LogP contribution in [0.1, 0.15) is 12.0 Å². The lowest BCUT2D eigenvalue weighted by Crippen LogP contribution is -2.24. The first-order valence-corrected chi connectivity index (χ1v) is 5.37. The average molecular weight is 247 g/mol. The summed E-state index contributed by atoms with van der Waals surface area (Å²) in [5.41, 5.74) is 11.4. The predicted octanol–water partition coefficient (Wildman–Crippen LogP) is 0.358. The predicted molar refractivity (Wildman–Crippen MR) is 67.0 cm³/mol. The summed E-state index contributed by atoms with van der Waals surface area (Å²) in [7, 11) is 0. The van der Waals surface area contributed by atoms with E-state index in [1.54, 1.807) is 18.2 Å². The van der Waals surface area contributed by atoms with Gasteiger partial charge in [0, 0.05) is 17.6 Å². The van der Waals surface area contributed by atoms with Crippen LogP contribution in [0.5, 0.6) is 11.5 Å². The summed E-state index contributed by atoms with van der Waals surface area (Å²) in [6.07, 6.45) is 2.00. The van der Waals surface area contributed by atoms with Crippen molar-refractivity contribution in [2.24, 2.45) is 16.5 Å². The van der Waals surface area contributed by atoms with Gasteiger partial charge in [-0.3, -0.25) is 4.79 Å². The van der Waals surface area contributed by atoms with Gasteiger partial charge in [0.25, 0.3) is 5.91 Å². The van der Waals surface area contributed by atoms with Crippen LogP contribution in [-0.2, 0) is 4.79 Å². The molecule has 0 radical (unpaired) electrons. The number of rotatable bonds is 1. The minimum Gasteiger partial charge on any atom is -0.504 e. The Bertz CT molecular complexity index is 545. The van der Waals surface area contributed by atoms with Gasteiger partial charge in [-0.25, -0.2) is 0 Å². The molecule has 0 fully saturated rings. The molecule has 5 N–H and O–H groups in total. The van der Waals surface area contributed by atoms with E-state index in [-0.39, 0.29) is 18.3 Å². The molecule has 1 amide bonds. The van der Waals surface area contributed by atoms with Crippen LogP contribution in [0.4, 0.5) is 0 Å². The maximum atomic E-state index is 11.7. The van der Waals surface area contributed by atoms with Crippen LogP contribution in [0, 0.1) is 0 Å². The van der Waals surface area contributed by atoms with Crippen LogP contribution < -0.4 is 16.2 Å². The average Bonchev–Trinajstić information content (AvgIpc) is 2.51. The Balaban J connectivity index is 2.40. The van der Waals surface area contributed by atoms with Crippen LogP contribution in [0.2, 0.25) is 0 Å². The number of phenols is 1. The van der Waals surface area contributed by atoms with Crippen LogP contribution in [-0.4, -0.2) is 23.6 Å². The van der Waals surface area contributed by atoms with Crippen molar-refractivity contribution >= 4 is 17.9 Å². The van der Waals surface area contributed by atoms with Crippen molar-refractivity contribution in [3.05, 3.63) is 29.3 Å². The number of hydrogen-bond donors (Lipinski definition) is 3. The number of aliphatic imine (C=N–C) groups is 1. The fourth-order valence-electron chi connectivity index (χ4n) is 1.69. The second-order valence-corrected chi connectivity index (χ2v) is 3.81. The molecule has 6 nitrogen and oxygen atoms in total. The van der Waals surface area contributed by atoms with Gasteiger partial charge in [-0.1, -0.05) is 12.1 Å². The summed E-state index contributed by atoms with van der Waals surface area (Å²) >= 11 is 0. The maximum Gasteiger partial charge on any atom is 0.276 e. The number of benzene rings is 1. The topological polar surface area (TPSA) is 111 Å². The molecule has 0 aliphatic carbocycles. The fourth-order valence-corrected chi connectivity index (χ4v) is 1.69. The van der Waals surface area contributed by atoms with Crippen LogP contribution in [0.3, 0.4) is 0 Å². The number of phenolic OH excluding ortho intramolecular Hbond substituents is 1. The SMILES string of the molecule is NC(N)=NC(=O)C1=Cc2cccc(O)c2OCC1. The van der Waals surface area contributed by atoms with E-state index in [1.807, 2.05) is 0 Å². The molecule has 1 aromatic rings. The first kappa shape index (κ1) is 12.0. The first-order chi connectivity index (χ1) is 8.58. The molecule has 0 aromatic heterocycles. The fraction of sp³-hybridized carbons (Fsp3) is 0.167. The minimum atomic E-state index is -0.491. The van der Waals surface area contributed by atoms with Crippen LogP contribution in [0.15, 0.2) is 28.8 Å². The lowest BCUT2D eigenvalue weighted by molar-refractivity contribution is -0.114. The molecule has 0 spiro atoms. The molecule has 94 valence electrons. The van der Waals surface area contributed by atoms with Crippen LogP contribution in [0.25, 0.3) is 6.08 Å². The number of fused-ring (bicyclic) bond motifs is 1. The number of carbonyl (C=O) groups excluding carboxylic acids is 1. The molecular formula is C12H13N3O3. The smallest absolute Gasteiger partial charge is 0.276 e. The van der Waals surface area contributed by atoms with Crippen molar-refractivity contribution in [2.75, 3.05) is 6.61 Å². The Labute approximate surface area is 104 Å². The van der Waals surface area contributed by atoms with E-state index >= 15 is 0 Å². The molecule has 1 aliphatic heterocycles. The number of guanidine groups is 1. The number of nitrogens with zero attached hydrogens (tertiary/aromatic N) is 1. The number of hydrogen-bond acceptors (Lipinski definition) is 3. The van der Waals surface area contributed by atoms with Crippen molar-refractivity contribution < 1.29 is 14.6 Å². The Morgan fingerprint density at radius 3 is 2.89 bits per heavy atom. The van der Waals surface area contributed by atoms with Gasteiger partial charge in [-0.2, -0.15) is 4.99 Å². The Kier molecular flexibility index (Phi) is 3.18. The Morgan fingerprint density at radius 2 is 2.17 bits per heavy atom. The highest BCUT2D eigenvalue weighted by molar-refractivity contribution is 6.04. The molecule has 0 bridgehead atoms. The second kappa shape index (κ2) is 4.79. The molecule has 0 saturated carbocycles. The van der Waals surface area contributed by atoms with E-state index in [0.29, 0.717) is 23.3 Å². The molecule has 2 rings (SSSR count). The Hall–Kier alpha value is -2.50. The summed E-state index contributed by atoms with van der Waals surface area (Å²) in [5, 5.41) is 9.64. The largest absolute Gasteiger partial charge is 0.504 e. The van der Waals surface area contributed by atoms with Gasteiger partial charge in [-0.05, 0) is 12.1 Å². The maximum absolute atomic E-state index is 11.7.